The molecule has 0 aliphatic rings. The number of ether oxygens (including phenoxy) is 1. The highest BCUT2D eigenvalue weighted by atomic mass is 16.5. The third kappa shape index (κ3) is 3.07. The second-order valence-electron chi connectivity index (χ2n) is 5.72. The molecule has 3 heterocycles. The number of fused-ring (bicyclic) bond motifs is 1. The number of aromatic nitrogens is 7. The topological polar surface area (TPSA) is 95.6 Å². The zero-order valence-corrected chi connectivity index (χ0v) is 14.4. The molecule has 128 valence electrons. The lowest BCUT2D eigenvalue weighted by Crippen LogP contribution is -2.15. The molecular formula is C15H22N8O. The Bertz CT molecular complexity index is 824. The fourth-order valence-corrected chi connectivity index (χ4v) is 2.81. The third-order valence-corrected chi connectivity index (χ3v) is 3.93. The molecule has 3 rings (SSSR count). The van der Waals surface area contributed by atoms with Gasteiger partial charge in [-0.1, -0.05) is 0 Å². The Labute approximate surface area is 140 Å². The van der Waals surface area contributed by atoms with Gasteiger partial charge in [0.1, 0.15) is 18.5 Å². The van der Waals surface area contributed by atoms with Crippen molar-refractivity contribution in [1.29, 1.82) is 0 Å². The molecule has 0 aromatic carbocycles. The fraction of sp³-hybridized carbons (Fsp3) is 0.533. The molecule has 0 amide bonds. The molecule has 1 atom stereocenters. The second kappa shape index (κ2) is 6.91. The molecule has 0 aliphatic carbocycles. The first-order valence-electron chi connectivity index (χ1n) is 7.89. The van der Waals surface area contributed by atoms with Crippen LogP contribution in [0.2, 0.25) is 0 Å². The highest BCUT2D eigenvalue weighted by Crippen LogP contribution is 2.25. The minimum atomic E-state index is -0.0484. The van der Waals surface area contributed by atoms with E-state index >= 15 is 0 Å². The monoisotopic (exact) mass is 330 g/mol. The predicted octanol–water partition coefficient (Wildman–Crippen LogP) is 1.47. The van der Waals surface area contributed by atoms with E-state index in [1.165, 1.54) is 0 Å². The maximum Gasteiger partial charge on any atom is 0.163 e. The lowest BCUT2D eigenvalue weighted by molar-refractivity contribution is 0.190. The van der Waals surface area contributed by atoms with E-state index in [0.717, 1.165) is 41.3 Å². The lowest BCUT2D eigenvalue weighted by atomic mass is 10.2. The Balaban J connectivity index is 1.83. The fourth-order valence-electron chi connectivity index (χ4n) is 2.81. The summed E-state index contributed by atoms with van der Waals surface area (Å²) in [7, 11) is 3.58. The smallest absolute Gasteiger partial charge is 0.163 e. The summed E-state index contributed by atoms with van der Waals surface area (Å²) in [6.07, 6.45) is 4.20. The molecule has 24 heavy (non-hydrogen) atoms. The van der Waals surface area contributed by atoms with Crippen molar-refractivity contribution in [2.75, 3.05) is 19.0 Å². The van der Waals surface area contributed by atoms with Crippen LogP contribution < -0.4 is 5.32 Å². The zero-order chi connectivity index (χ0) is 17.1. The van der Waals surface area contributed by atoms with Crippen molar-refractivity contribution in [3.63, 3.8) is 0 Å². The highest BCUT2D eigenvalue weighted by Gasteiger charge is 2.17. The van der Waals surface area contributed by atoms with Crippen molar-refractivity contribution in [3.05, 3.63) is 24.2 Å². The van der Waals surface area contributed by atoms with Crippen LogP contribution in [0.1, 0.15) is 30.9 Å². The van der Waals surface area contributed by atoms with E-state index in [4.69, 9.17) is 4.74 Å². The van der Waals surface area contributed by atoms with Gasteiger partial charge in [0.05, 0.1) is 17.1 Å². The number of anilines is 1. The molecule has 3 aromatic heterocycles. The standard InChI is InChI=1S/C15H22N8O/c1-10-12-13(16-8-17-15(12)22(3)21-10)19-11(2)14-20-18-9-23(14)6-5-7-24-4/h8-9,11H,5-7H2,1-4H3,(H,16,17,19)/t11-/m0/s1. The number of nitrogens with zero attached hydrogens (tertiary/aromatic N) is 7. The van der Waals surface area contributed by atoms with E-state index in [1.54, 1.807) is 24.4 Å². The van der Waals surface area contributed by atoms with Gasteiger partial charge in [0.25, 0.3) is 0 Å². The highest BCUT2D eigenvalue weighted by molar-refractivity contribution is 5.89. The summed E-state index contributed by atoms with van der Waals surface area (Å²) >= 11 is 0. The minimum Gasteiger partial charge on any atom is -0.385 e. The van der Waals surface area contributed by atoms with E-state index in [9.17, 15) is 0 Å². The van der Waals surface area contributed by atoms with Gasteiger partial charge in [0.2, 0.25) is 0 Å². The maximum absolute atomic E-state index is 5.10. The summed E-state index contributed by atoms with van der Waals surface area (Å²) in [6, 6.07) is -0.0484. The molecule has 0 saturated carbocycles. The van der Waals surface area contributed by atoms with Crippen LogP contribution in [0.4, 0.5) is 5.82 Å². The van der Waals surface area contributed by atoms with Gasteiger partial charge < -0.3 is 14.6 Å². The minimum absolute atomic E-state index is 0.0484. The van der Waals surface area contributed by atoms with Gasteiger partial charge in [-0.3, -0.25) is 4.68 Å². The van der Waals surface area contributed by atoms with Gasteiger partial charge in [0, 0.05) is 27.3 Å². The summed E-state index contributed by atoms with van der Waals surface area (Å²) in [6.45, 7) is 5.51. The van der Waals surface area contributed by atoms with Crippen molar-refractivity contribution in [1.82, 2.24) is 34.5 Å². The summed E-state index contributed by atoms with van der Waals surface area (Å²) in [5.74, 6) is 1.61. The predicted molar refractivity (Wildman–Crippen MR) is 89.6 cm³/mol. The average Bonchev–Trinajstić information content (AvgIpc) is 3.13. The maximum atomic E-state index is 5.10. The van der Waals surface area contributed by atoms with Crippen LogP contribution in [0.3, 0.4) is 0 Å². The lowest BCUT2D eigenvalue weighted by Gasteiger charge is -2.15. The van der Waals surface area contributed by atoms with Gasteiger partial charge >= 0.3 is 0 Å². The molecule has 0 aliphatic heterocycles. The molecule has 9 nitrogen and oxygen atoms in total. The van der Waals surface area contributed by atoms with E-state index in [1.807, 2.05) is 25.5 Å². The molecule has 1 N–H and O–H groups in total. The van der Waals surface area contributed by atoms with Crippen molar-refractivity contribution < 1.29 is 4.74 Å². The Morgan fingerprint density at radius 2 is 2.17 bits per heavy atom. The molecule has 0 bridgehead atoms. The van der Waals surface area contributed by atoms with Crippen LogP contribution in [0, 0.1) is 6.92 Å². The van der Waals surface area contributed by atoms with Crippen molar-refractivity contribution in [2.24, 2.45) is 7.05 Å². The molecular weight excluding hydrogens is 308 g/mol. The van der Waals surface area contributed by atoms with E-state index < -0.39 is 0 Å². The number of nitrogens with one attached hydrogen (secondary N) is 1. The van der Waals surface area contributed by atoms with E-state index in [0.29, 0.717) is 6.61 Å². The summed E-state index contributed by atoms with van der Waals surface area (Å²) < 4.78 is 8.90. The first kappa shape index (κ1) is 16.3. The van der Waals surface area contributed by atoms with Gasteiger partial charge in [0.15, 0.2) is 11.5 Å². The number of aryl methyl sites for hydroxylation is 3. The van der Waals surface area contributed by atoms with Crippen molar-refractivity contribution in [3.8, 4) is 0 Å². The van der Waals surface area contributed by atoms with Crippen LogP contribution >= 0.6 is 0 Å². The van der Waals surface area contributed by atoms with Crippen molar-refractivity contribution >= 4 is 16.9 Å². The molecule has 0 saturated heterocycles. The number of rotatable bonds is 7. The Kier molecular flexibility index (Phi) is 4.70. The van der Waals surface area contributed by atoms with Gasteiger partial charge in [-0.2, -0.15) is 5.10 Å². The van der Waals surface area contributed by atoms with Crippen LogP contribution in [0.5, 0.6) is 0 Å². The summed E-state index contributed by atoms with van der Waals surface area (Å²) in [5.41, 5.74) is 1.70. The van der Waals surface area contributed by atoms with E-state index in [-0.39, 0.29) is 6.04 Å². The Morgan fingerprint density at radius 1 is 1.33 bits per heavy atom. The Hall–Kier alpha value is -2.55. The molecule has 3 aromatic rings. The molecule has 0 spiro atoms. The number of hydrogen-bond acceptors (Lipinski definition) is 7. The van der Waals surface area contributed by atoms with Gasteiger partial charge in [-0.25, -0.2) is 9.97 Å². The third-order valence-electron chi connectivity index (χ3n) is 3.93. The first-order valence-corrected chi connectivity index (χ1v) is 7.89. The largest absolute Gasteiger partial charge is 0.385 e. The summed E-state index contributed by atoms with van der Waals surface area (Å²) in [5, 5.41) is 17.0. The summed E-state index contributed by atoms with van der Waals surface area (Å²) in [4.78, 5) is 8.69. The molecule has 0 radical (unpaired) electrons. The van der Waals surface area contributed by atoms with Crippen LogP contribution in [-0.4, -0.2) is 48.2 Å². The zero-order valence-electron chi connectivity index (χ0n) is 14.4. The van der Waals surface area contributed by atoms with Crippen LogP contribution in [0.25, 0.3) is 11.0 Å². The van der Waals surface area contributed by atoms with E-state index in [2.05, 4.69) is 30.6 Å². The van der Waals surface area contributed by atoms with Crippen LogP contribution in [-0.2, 0) is 18.3 Å². The normalized spacial score (nSPS) is 12.7. The van der Waals surface area contributed by atoms with Crippen molar-refractivity contribution in [2.45, 2.75) is 32.9 Å². The number of hydrogen-bond donors (Lipinski definition) is 1. The van der Waals surface area contributed by atoms with Gasteiger partial charge in [-0.15, -0.1) is 10.2 Å². The van der Waals surface area contributed by atoms with Gasteiger partial charge in [-0.05, 0) is 20.3 Å². The SMILES string of the molecule is COCCCn1cnnc1[C@H](C)Nc1ncnc2c1c(C)nn2C. The average molecular weight is 330 g/mol. The van der Waals surface area contributed by atoms with Crippen LogP contribution in [0.15, 0.2) is 12.7 Å². The molecule has 0 unspecified atom stereocenters. The first-order chi connectivity index (χ1) is 11.6. The Morgan fingerprint density at radius 3 is 2.96 bits per heavy atom. The second-order valence-corrected chi connectivity index (χ2v) is 5.72. The molecule has 0 fully saturated rings. The molecule has 9 heteroatoms. The quantitative estimate of drug-likeness (QED) is 0.655. The number of methoxy groups -OCH3 is 1.